The maximum Gasteiger partial charge on any atom is 0.253 e. The van der Waals surface area contributed by atoms with Crippen LogP contribution in [0.1, 0.15) is 36.0 Å². The number of halogens is 2. The van der Waals surface area contributed by atoms with Crippen LogP contribution in [0.2, 0.25) is 5.02 Å². The van der Waals surface area contributed by atoms with E-state index in [0.29, 0.717) is 77.5 Å². The number of sulfone groups is 1. The molecule has 4 aromatic rings. The van der Waals surface area contributed by atoms with E-state index in [2.05, 4.69) is 25.5 Å². The SMILES string of the molecule is O=C(CCCCS(=O)(=O)c1cccc(-c2nccc(Nc3c(Cl)ccc4c3OCO4)n2)c1)NCCCN1CCN(C(=O)c2ccc(F)cc2)CC1. The van der Waals surface area contributed by atoms with Crippen LogP contribution in [-0.4, -0.2) is 91.8 Å². The van der Waals surface area contributed by atoms with Gasteiger partial charge in [0.1, 0.15) is 17.3 Å². The maximum atomic E-state index is 13.2. The van der Waals surface area contributed by atoms with Crippen LogP contribution in [0.4, 0.5) is 15.9 Å². The third-order valence-corrected chi connectivity index (χ3v) is 10.8. The van der Waals surface area contributed by atoms with Gasteiger partial charge in [0.25, 0.3) is 5.91 Å². The van der Waals surface area contributed by atoms with E-state index in [-0.39, 0.29) is 41.5 Å². The first kappa shape index (κ1) is 36.0. The number of ether oxygens (including phenoxy) is 2. The highest BCUT2D eigenvalue weighted by molar-refractivity contribution is 7.91. The summed E-state index contributed by atoms with van der Waals surface area (Å²) < 4.78 is 50.5. The molecule has 2 N–H and O–H groups in total. The van der Waals surface area contributed by atoms with E-state index in [1.807, 2.05) is 0 Å². The van der Waals surface area contributed by atoms with E-state index < -0.39 is 9.84 Å². The average molecular weight is 737 g/mol. The smallest absolute Gasteiger partial charge is 0.253 e. The standard InChI is InChI=1S/C36H38ClFN6O6S/c37-29-12-13-30-34(50-24-49-30)33(29)41-31-14-16-40-35(42-31)26-5-3-6-28(23-26)51(47,48)22-2-1-7-32(45)39-15-4-17-43-18-20-44(21-19-43)36(46)25-8-10-27(38)11-9-25/h3,5-6,8-14,16,23H,1-2,4,7,15,17-22,24H2,(H,39,45)(H,40,41,42). The van der Waals surface area contributed by atoms with Crippen LogP contribution in [0.25, 0.3) is 11.4 Å². The maximum absolute atomic E-state index is 13.2. The third kappa shape index (κ3) is 9.31. The van der Waals surface area contributed by atoms with Crippen molar-refractivity contribution in [3.05, 3.63) is 89.3 Å². The number of carbonyl (C=O) groups is 2. The number of hydrogen-bond acceptors (Lipinski definition) is 10. The number of hydrogen-bond donors (Lipinski definition) is 2. The lowest BCUT2D eigenvalue weighted by atomic mass is 10.1. The van der Waals surface area contributed by atoms with Gasteiger partial charge >= 0.3 is 0 Å². The van der Waals surface area contributed by atoms with Crippen LogP contribution in [0, 0.1) is 5.82 Å². The molecule has 268 valence electrons. The number of carbonyl (C=O) groups excluding carboxylic acids is 2. The van der Waals surface area contributed by atoms with Crippen LogP contribution in [0.15, 0.2) is 77.8 Å². The van der Waals surface area contributed by atoms with E-state index >= 15 is 0 Å². The highest BCUT2D eigenvalue weighted by Gasteiger charge is 2.23. The van der Waals surface area contributed by atoms with Crippen LogP contribution < -0.4 is 20.1 Å². The highest BCUT2D eigenvalue weighted by atomic mass is 35.5. The minimum atomic E-state index is -3.62. The number of nitrogens with zero attached hydrogens (tertiary/aromatic N) is 4. The van der Waals surface area contributed by atoms with Crippen molar-refractivity contribution in [2.45, 2.75) is 30.6 Å². The summed E-state index contributed by atoms with van der Waals surface area (Å²) in [5.41, 5.74) is 1.52. The van der Waals surface area contributed by atoms with Crippen molar-refractivity contribution in [1.82, 2.24) is 25.1 Å². The molecule has 1 aromatic heterocycles. The Morgan fingerprint density at radius 3 is 2.55 bits per heavy atom. The molecule has 2 aliphatic rings. The lowest BCUT2D eigenvalue weighted by Crippen LogP contribution is -2.49. The van der Waals surface area contributed by atoms with Gasteiger partial charge in [0, 0.05) is 56.5 Å². The van der Waals surface area contributed by atoms with Gasteiger partial charge in [0.2, 0.25) is 12.7 Å². The molecule has 12 nitrogen and oxygen atoms in total. The zero-order chi connectivity index (χ0) is 35.8. The van der Waals surface area contributed by atoms with Gasteiger partial charge in [0.05, 0.1) is 15.7 Å². The summed E-state index contributed by atoms with van der Waals surface area (Å²) >= 11 is 6.39. The normalized spacial score (nSPS) is 14.4. The van der Waals surface area contributed by atoms with Gasteiger partial charge in [-0.2, -0.15) is 0 Å². The number of piperazine rings is 1. The summed E-state index contributed by atoms with van der Waals surface area (Å²) in [6.07, 6.45) is 3.33. The Kier molecular flexibility index (Phi) is 11.6. The molecule has 15 heteroatoms. The first-order chi connectivity index (χ1) is 24.7. The van der Waals surface area contributed by atoms with Crippen LogP contribution in [0.3, 0.4) is 0 Å². The lowest BCUT2D eigenvalue weighted by molar-refractivity contribution is -0.121. The van der Waals surface area contributed by atoms with Crippen molar-refractivity contribution in [2.24, 2.45) is 0 Å². The number of nitrogens with one attached hydrogen (secondary N) is 2. The topological polar surface area (TPSA) is 143 Å². The van der Waals surface area contributed by atoms with Crippen molar-refractivity contribution in [3.63, 3.8) is 0 Å². The number of amides is 2. The Morgan fingerprint density at radius 2 is 1.75 bits per heavy atom. The van der Waals surface area contributed by atoms with Gasteiger partial charge in [-0.05, 0) is 80.4 Å². The molecule has 3 aromatic carbocycles. The average Bonchev–Trinajstić information content (AvgIpc) is 3.63. The minimum absolute atomic E-state index is 0.0857. The third-order valence-electron chi connectivity index (χ3n) is 8.64. The second kappa shape index (κ2) is 16.5. The second-order valence-corrected chi connectivity index (χ2v) is 14.7. The zero-order valence-corrected chi connectivity index (χ0v) is 29.4. The lowest BCUT2D eigenvalue weighted by Gasteiger charge is -2.34. The molecule has 2 amide bonds. The Bertz CT molecular complexity index is 1980. The van der Waals surface area contributed by atoms with Gasteiger partial charge < -0.3 is 25.0 Å². The summed E-state index contributed by atoms with van der Waals surface area (Å²) in [7, 11) is -3.62. The molecule has 0 unspecified atom stereocenters. The first-order valence-corrected chi connectivity index (χ1v) is 18.7. The summed E-state index contributed by atoms with van der Waals surface area (Å²) in [6.45, 7) is 4.02. The first-order valence-electron chi connectivity index (χ1n) is 16.7. The molecular formula is C36H38ClFN6O6S. The van der Waals surface area contributed by atoms with Gasteiger partial charge in [0.15, 0.2) is 27.2 Å². The Morgan fingerprint density at radius 1 is 0.941 bits per heavy atom. The number of aromatic nitrogens is 2. The monoisotopic (exact) mass is 736 g/mol. The molecule has 0 saturated carbocycles. The molecule has 0 atom stereocenters. The molecule has 6 rings (SSSR count). The molecule has 3 heterocycles. The van der Waals surface area contributed by atoms with Crippen molar-refractivity contribution in [3.8, 4) is 22.9 Å². The Balaban J connectivity index is 0.906. The zero-order valence-electron chi connectivity index (χ0n) is 27.8. The fourth-order valence-corrected chi connectivity index (χ4v) is 7.46. The molecule has 0 spiro atoms. The molecule has 1 saturated heterocycles. The van der Waals surface area contributed by atoms with Gasteiger partial charge in [-0.1, -0.05) is 23.7 Å². The fraction of sp³-hybridized carbons (Fsp3) is 0.333. The molecule has 0 bridgehead atoms. The van der Waals surface area contributed by atoms with Gasteiger partial charge in [-0.3, -0.25) is 14.5 Å². The van der Waals surface area contributed by atoms with Crippen LogP contribution >= 0.6 is 11.6 Å². The van der Waals surface area contributed by atoms with Crippen LogP contribution in [-0.2, 0) is 14.6 Å². The van der Waals surface area contributed by atoms with E-state index in [4.69, 9.17) is 21.1 Å². The molecular weight excluding hydrogens is 699 g/mol. The van der Waals surface area contributed by atoms with Crippen molar-refractivity contribution >= 4 is 44.8 Å². The number of benzene rings is 3. The van der Waals surface area contributed by atoms with Gasteiger partial charge in [-0.25, -0.2) is 22.8 Å². The van der Waals surface area contributed by atoms with Crippen LogP contribution in [0.5, 0.6) is 11.5 Å². The molecule has 0 aliphatic carbocycles. The summed E-state index contributed by atoms with van der Waals surface area (Å²) in [4.78, 5) is 38.1. The molecule has 0 radical (unpaired) electrons. The number of unbranched alkanes of at least 4 members (excludes halogenated alkanes) is 1. The Hall–Kier alpha value is -4.79. The van der Waals surface area contributed by atoms with Crippen molar-refractivity contribution in [2.75, 3.05) is 57.1 Å². The summed E-state index contributed by atoms with van der Waals surface area (Å²) in [5.74, 6) is 1.13. The minimum Gasteiger partial charge on any atom is -0.454 e. The number of anilines is 2. The summed E-state index contributed by atoms with van der Waals surface area (Å²) in [6, 6.07) is 17.1. The predicted octanol–water partition coefficient (Wildman–Crippen LogP) is 5.32. The fourth-order valence-electron chi connectivity index (χ4n) is 5.85. The molecule has 51 heavy (non-hydrogen) atoms. The van der Waals surface area contributed by atoms with E-state index in [9.17, 15) is 22.4 Å². The predicted molar refractivity (Wildman–Crippen MR) is 191 cm³/mol. The van der Waals surface area contributed by atoms with E-state index in [0.717, 1.165) is 26.1 Å². The highest BCUT2D eigenvalue weighted by Crippen LogP contribution is 2.44. The quantitative estimate of drug-likeness (QED) is 0.164. The second-order valence-electron chi connectivity index (χ2n) is 12.2. The van der Waals surface area contributed by atoms with Gasteiger partial charge in [-0.15, -0.1) is 0 Å². The van der Waals surface area contributed by atoms with E-state index in [1.54, 1.807) is 53.6 Å². The Labute approximate surface area is 300 Å². The number of rotatable bonds is 14. The van der Waals surface area contributed by atoms with Crippen molar-refractivity contribution < 1.29 is 31.9 Å². The summed E-state index contributed by atoms with van der Waals surface area (Å²) in [5, 5.41) is 6.49. The largest absolute Gasteiger partial charge is 0.454 e. The molecule has 2 aliphatic heterocycles. The van der Waals surface area contributed by atoms with E-state index in [1.165, 1.54) is 24.3 Å². The van der Waals surface area contributed by atoms with Crippen molar-refractivity contribution in [1.29, 1.82) is 0 Å². The number of fused-ring (bicyclic) bond motifs is 1. The molecule has 1 fully saturated rings.